The Hall–Kier alpha value is -2.86. The van der Waals surface area contributed by atoms with Gasteiger partial charge in [0.25, 0.3) is 0 Å². The van der Waals surface area contributed by atoms with Crippen LogP contribution in [0.15, 0.2) is 54.6 Å². The molecule has 1 aliphatic heterocycles. The number of amides is 2. The number of benzene rings is 2. The van der Waals surface area contributed by atoms with Crippen LogP contribution in [0.25, 0.3) is 0 Å². The SMILES string of the molecule is COCC(=O)Nc1ccc(NC2CCN(c3ccccc3)C2=O)cc1. The van der Waals surface area contributed by atoms with Crippen LogP contribution in [-0.2, 0) is 14.3 Å². The van der Waals surface area contributed by atoms with E-state index < -0.39 is 0 Å². The molecule has 0 bridgehead atoms. The summed E-state index contributed by atoms with van der Waals surface area (Å²) < 4.78 is 4.78. The first-order chi connectivity index (χ1) is 12.2. The fourth-order valence-corrected chi connectivity index (χ4v) is 2.86. The summed E-state index contributed by atoms with van der Waals surface area (Å²) in [4.78, 5) is 25.9. The van der Waals surface area contributed by atoms with Crippen LogP contribution in [-0.4, -0.2) is 38.1 Å². The molecule has 0 saturated carbocycles. The van der Waals surface area contributed by atoms with Crippen molar-refractivity contribution < 1.29 is 14.3 Å². The number of hydrogen-bond donors (Lipinski definition) is 2. The summed E-state index contributed by atoms with van der Waals surface area (Å²) in [6.45, 7) is 0.720. The third-order valence-corrected chi connectivity index (χ3v) is 4.06. The second kappa shape index (κ2) is 7.81. The molecule has 3 rings (SSSR count). The van der Waals surface area contributed by atoms with Crippen molar-refractivity contribution in [2.24, 2.45) is 0 Å². The lowest BCUT2D eigenvalue weighted by Gasteiger charge is -2.17. The fourth-order valence-electron chi connectivity index (χ4n) is 2.86. The van der Waals surface area contributed by atoms with Gasteiger partial charge in [0.2, 0.25) is 11.8 Å². The predicted octanol–water partition coefficient (Wildman–Crippen LogP) is 2.49. The van der Waals surface area contributed by atoms with Crippen LogP contribution in [0.1, 0.15) is 6.42 Å². The zero-order valence-corrected chi connectivity index (χ0v) is 14.1. The molecule has 0 radical (unpaired) electrons. The van der Waals surface area contributed by atoms with E-state index in [1.165, 1.54) is 7.11 Å². The minimum atomic E-state index is -0.242. The molecule has 130 valence electrons. The van der Waals surface area contributed by atoms with Crippen molar-refractivity contribution in [2.75, 3.05) is 35.8 Å². The van der Waals surface area contributed by atoms with Crippen molar-refractivity contribution in [3.05, 3.63) is 54.6 Å². The molecule has 1 fully saturated rings. The van der Waals surface area contributed by atoms with E-state index in [1.54, 1.807) is 17.0 Å². The van der Waals surface area contributed by atoms with E-state index in [-0.39, 0.29) is 24.5 Å². The summed E-state index contributed by atoms with van der Waals surface area (Å²) >= 11 is 0. The Morgan fingerprint density at radius 2 is 1.80 bits per heavy atom. The number of carbonyl (C=O) groups excluding carboxylic acids is 2. The summed E-state index contributed by atoms with van der Waals surface area (Å²) in [7, 11) is 1.48. The number of ether oxygens (including phenoxy) is 1. The first kappa shape index (κ1) is 17.0. The molecule has 25 heavy (non-hydrogen) atoms. The standard InChI is InChI=1S/C19H21N3O3/c1-25-13-18(23)21-15-9-7-14(8-10-15)20-17-11-12-22(19(17)24)16-5-3-2-4-6-16/h2-10,17,20H,11-13H2,1H3,(H,21,23). The van der Waals surface area contributed by atoms with E-state index in [1.807, 2.05) is 42.5 Å². The molecule has 6 nitrogen and oxygen atoms in total. The van der Waals surface area contributed by atoms with Crippen LogP contribution < -0.4 is 15.5 Å². The lowest BCUT2D eigenvalue weighted by atomic mass is 10.2. The molecule has 2 N–H and O–H groups in total. The van der Waals surface area contributed by atoms with Gasteiger partial charge in [0.1, 0.15) is 12.6 Å². The summed E-state index contributed by atoms with van der Waals surface area (Å²) in [6, 6.07) is 16.7. The highest BCUT2D eigenvalue weighted by molar-refractivity contribution is 6.01. The molecule has 2 aromatic carbocycles. The maximum Gasteiger partial charge on any atom is 0.250 e. The molecule has 1 unspecified atom stereocenters. The van der Waals surface area contributed by atoms with Crippen LogP contribution in [0.5, 0.6) is 0 Å². The number of rotatable bonds is 6. The lowest BCUT2D eigenvalue weighted by Crippen LogP contribution is -2.33. The van der Waals surface area contributed by atoms with Gasteiger partial charge >= 0.3 is 0 Å². The van der Waals surface area contributed by atoms with E-state index in [0.29, 0.717) is 12.2 Å². The largest absolute Gasteiger partial charge is 0.375 e. The van der Waals surface area contributed by atoms with Gasteiger partial charge in [-0.1, -0.05) is 18.2 Å². The van der Waals surface area contributed by atoms with Crippen molar-refractivity contribution in [1.29, 1.82) is 0 Å². The Morgan fingerprint density at radius 3 is 2.48 bits per heavy atom. The van der Waals surface area contributed by atoms with Crippen molar-refractivity contribution in [2.45, 2.75) is 12.5 Å². The molecule has 6 heteroatoms. The monoisotopic (exact) mass is 339 g/mol. The average Bonchev–Trinajstić information content (AvgIpc) is 2.98. The van der Waals surface area contributed by atoms with Gasteiger partial charge in [-0.05, 0) is 42.8 Å². The van der Waals surface area contributed by atoms with E-state index in [4.69, 9.17) is 4.74 Å². The smallest absolute Gasteiger partial charge is 0.250 e. The first-order valence-corrected chi connectivity index (χ1v) is 8.19. The number of para-hydroxylation sites is 1. The highest BCUT2D eigenvalue weighted by Crippen LogP contribution is 2.24. The van der Waals surface area contributed by atoms with Crippen LogP contribution in [0, 0.1) is 0 Å². The second-order valence-corrected chi connectivity index (χ2v) is 5.87. The lowest BCUT2D eigenvalue weighted by molar-refractivity contribution is -0.119. The number of hydrogen-bond acceptors (Lipinski definition) is 4. The van der Waals surface area contributed by atoms with Crippen LogP contribution in [0.3, 0.4) is 0 Å². The molecule has 1 atom stereocenters. The Labute approximate surface area is 146 Å². The molecule has 2 amide bonds. The van der Waals surface area contributed by atoms with Gasteiger partial charge in [-0.15, -0.1) is 0 Å². The molecular formula is C19H21N3O3. The topological polar surface area (TPSA) is 70.7 Å². The molecule has 1 aliphatic rings. The third kappa shape index (κ3) is 4.16. The molecule has 1 heterocycles. The van der Waals surface area contributed by atoms with Gasteiger partial charge in [0.15, 0.2) is 0 Å². The van der Waals surface area contributed by atoms with Crippen LogP contribution in [0.4, 0.5) is 17.1 Å². The zero-order valence-electron chi connectivity index (χ0n) is 14.1. The minimum Gasteiger partial charge on any atom is -0.375 e. The van der Waals surface area contributed by atoms with Gasteiger partial charge in [-0.2, -0.15) is 0 Å². The van der Waals surface area contributed by atoms with Gasteiger partial charge in [-0.25, -0.2) is 0 Å². The van der Waals surface area contributed by atoms with E-state index in [2.05, 4.69) is 10.6 Å². The average molecular weight is 339 g/mol. The van der Waals surface area contributed by atoms with Gasteiger partial charge < -0.3 is 20.3 Å². The highest BCUT2D eigenvalue weighted by Gasteiger charge is 2.32. The molecule has 0 aliphatic carbocycles. The zero-order chi connectivity index (χ0) is 17.6. The Morgan fingerprint density at radius 1 is 1.12 bits per heavy atom. The van der Waals surface area contributed by atoms with Gasteiger partial charge in [-0.3, -0.25) is 9.59 Å². The molecule has 0 aromatic heterocycles. The number of nitrogens with one attached hydrogen (secondary N) is 2. The maximum atomic E-state index is 12.6. The molecule has 0 spiro atoms. The van der Waals surface area contributed by atoms with E-state index in [0.717, 1.165) is 17.8 Å². The Bertz CT molecular complexity index is 731. The van der Waals surface area contributed by atoms with E-state index >= 15 is 0 Å². The van der Waals surface area contributed by atoms with Crippen molar-refractivity contribution in [1.82, 2.24) is 0 Å². The van der Waals surface area contributed by atoms with Crippen molar-refractivity contribution >= 4 is 28.9 Å². The number of anilines is 3. The van der Waals surface area contributed by atoms with Crippen LogP contribution in [0.2, 0.25) is 0 Å². The predicted molar refractivity (Wildman–Crippen MR) is 97.8 cm³/mol. The number of nitrogens with zero attached hydrogens (tertiary/aromatic N) is 1. The summed E-state index contributed by atoms with van der Waals surface area (Å²) in [5.41, 5.74) is 2.46. The number of methoxy groups -OCH3 is 1. The minimum absolute atomic E-state index is 0.0197. The summed E-state index contributed by atoms with van der Waals surface area (Å²) in [5, 5.41) is 6.00. The van der Waals surface area contributed by atoms with E-state index in [9.17, 15) is 9.59 Å². The maximum absolute atomic E-state index is 12.6. The molecular weight excluding hydrogens is 318 g/mol. The highest BCUT2D eigenvalue weighted by atomic mass is 16.5. The Balaban J connectivity index is 1.59. The van der Waals surface area contributed by atoms with Crippen molar-refractivity contribution in [3.8, 4) is 0 Å². The molecule has 1 saturated heterocycles. The summed E-state index contributed by atoms with van der Waals surface area (Å²) in [5.74, 6) is -0.128. The van der Waals surface area contributed by atoms with Crippen LogP contribution >= 0.6 is 0 Å². The normalized spacial score (nSPS) is 16.8. The quantitative estimate of drug-likeness (QED) is 0.848. The fraction of sp³-hybridized carbons (Fsp3) is 0.263. The van der Waals surface area contributed by atoms with Gasteiger partial charge in [0.05, 0.1) is 0 Å². The molecule has 2 aromatic rings. The number of carbonyl (C=O) groups is 2. The third-order valence-electron chi connectivity index (χ3n) is 4.06. The summed E-state index contributed by atoms with van der Waals surface area (Å²) in [6.07, 6.45) is 0.750. The van der Waals surface area contributed by atoms with Crippen molar-refractivity contribution in [3.63, 3.8) is 0 Å². The van der Waals surface area contributed by atoms with Gasteiger partial charge in [0, 0.05) is 30.7 Å². The Kier molecular flexibility index (Phi) is 5.30. The first-order valence-electron chi connectivity index (χ1n) is 8.19. The second-order valence-electron chi connectivity index (χ2n) is 5.87.